The second-order valence-corrected chi connectivity index (χ2v) is 6.20. The Hall–Kier alpha value is -3.05. The average Bonchev–Trinajstić information content (AvgIpc) is 3.40. The maximum absolute atomic E-state index is 14.1. The van der Waals surface area contributed by atoms with Gasteiger partial charge in [0.2, 0.25) is 11.7 Å². The molecule has 4 heterocycles. The summed E-state index contributed by atoms with van der Waals surface area (Å²) in [4.78, 5) is 8.39. The van der Waals surface area contributed by atoms with Gasteiger partial charge in [-0.15, -0.1) is 0 Å². The number of aromatic amines is 2. The Morgan fingerprint density at radius 3 is 2.75 bits per heavy atom. The van der Waals surface area contributed by atoms with E-state index in [9.17, 15) is 8.78 Å². The summed E-state index contributed by atoms with van der Waals surface area (Å²) < 4.78 is 39.2. The summed E-state index contributed by atoms with van der Waals surface area (Å²) in [6, 6.07) is 3.35. The lowest BCUT2D eigenvalue weighted by molar-refractivity contribution is -0.0763. The van der Waals surface area contributed by atoms with Gasteiger partial charge in [-0.2, -0.15) is 19.0 Å². The maximum Gasteiger partial charge on any atom is 0.331 e. The van der Waals surface area contributed by atoms with Crippen molar-refractivity contribution in [3.63, 3.8) is 0 Å². The van der Waals surface area contributed by atoms with Gasteiger partial charge in [-0.25, -0.2) is 14.1 Å². The standard InChI is InChI=1S/C16H14ClF2N7O2/c1-27-7-16(18,19)15-23-14(24-25-15)13-11(8-5-20-21-6-8)12-9(26(13)17)3-4-10(22-12)28-2/h3-6H,7H2,1-2H3,(H,20,21)(H,23,24,25). The molecule has 0 amide bonds. The second kappa shape index (κ2) is 6.84. The summed E-state index contributed by atoms with van der Waals surface area (Å²) in [5.41, 5.74) is 2.52. The number of rotatable bonds is 6. The third-order valence-electron chi connectivity index (χ3n) is 4.09. The Balaban J connectivity index is 1.96. The van der Waals surface area contributed by atoms with Crippen molar-refractivity contribution in [1.82, 2.24) is 34.4 Å². The molecule has 0 spiro atoms. The van der Waals surface area contributed by atoms with E-state index in [0.29, 0.717) is 33.7 Å². The summed E-state index contributed by atoms with van der Waals surface area (Å²) >= 11 is 6.50. The van der Waals surface area contributed by atoms with Crippen LogP contribution < -0.4 is 4.74 Å². The molecule has 0 radical (unpaired) electrons. The molecule has 0 unspecified atom stereocenters. The molecule has 0 saturated carbocycles. The number of nitrogens with one attached hydrogen (secondary N) is 2. The zero-order valence-corrected chi connectivity index (χ0v) is 15.5. The molecular weight excluding hydrogens is 396 g/mol. The van der Waals surface area contributed by atoms with Gasteiger partial charge in [0.1, 0.15) is 17.8 Å². The maximum atomic E-state index is 14.1. The van der Waals surface area contributed by atoms with E-state index in [2.05, 4.69) is 35.1 Å². The van der Waals surface area contributed by atoms with E-state index in [0.717, 1.165) is 0 Å². The smallest absolute Gasteiger partial charge is 0.331 e. The number of alkyl halides is 2. The number of nitrogens with zero attached hydrogens (tertiary/aromatic N) is 5. The number of ether oxygens (including phenoxy) is 2. The number of pyridine rings is 1. The first-order valence-corrected chi connectivity index (χ1v) is 8.35. The van der Waals surface area contributed by atoms with Crippen LogP contribution in [0.25, 0.3) is 33.7 Å². The molecular formula is C16H14ClF2N7O2. The topological polar surface area (TPSA) is 107 Å². The zero-order valence-electron chi connectivity index (χ0n) is 14.7. The first-order valence-electron chi connectivity index (χ1n) is 8.01. The van der Waals surface area contributed by atoms with Crippen molar-refractivity contribution in [2.45, 2.75) is 5.92 Å². The molecule has 0 saturated heterocycles. The van der Waals surface area contributed by atoms with E-state index in [1.165, 1.54) is 18.3 Å². The van der Waals surface area contributed by atoms with Crippen LogP contribution in [0.2, 0.25) is 0 Å². The fourth-order valence-corrected chi connectivity index (χ4v) is 3.17. The molecule has 4 rings (SSSR count). The molecule has 0 atom stereocenters. The molecule has 9 nitrogen and oxygen atoms in total. The quantitative estimate of drug-likeness (QED) is 0.507. The Labute approximate surface area is 161 Å². The van der Waals surface area contributed by atoms with E-state index < -0.39 is 18.4 Å². The molecule has 12 heteroatoms. The highest BCUT2D eigenvalue weighted by molar-refractivity contribution is 6.23. The number of methoxy groups -OCH3 is 2. The number of aromatic nitrogens is 7. The molecule has 4 aromatic rings. The minimum absolute atomic E-state index is 0.0499. The highest BCUT2D eigenvalue weighted by Crippen LogP contribution is 2.40. The Kier molecular flexibility index (Phi) is 4.47. The van der Waals surface area contributed by atoms with Crippen LogP contribution >= 0.6 is 11.8 Å². The van der Waals surface area contributed by atoms with Crippen LogP contribution in [0.4, 0.5) is 8.78 Å². The second-order valence-electron chi connectivity index (χ2n) is 5.86. The Morgan fingerprint density at radius 1 is 1.25 bits per heavy atom. The predicted molar refractivity (Wildman–Crippen MR) is 96.3 cm³/mol. The van der Waals surface area contributed by atoms with Crippen molar-refractivity contribution in [1.29, 1.82) is 0 Å². The predicted octanol–water partition coefficient (Wildman–Crippen LogP) is 2.96. The molecule has 0 aliphatic carbocycles. The van der Waals surface area contributed by atoms with Gasteiger partial charge in [-0.3, -0.25) is 10.2 Å². The van der Waals surface area contributed by atoms with Crippen molar-refractivity contribution < 1.29 is 18.3 Å². The highest BCUT2D eigenvalue weighted by atomic mass is 35.5. The molecule has 0 bridgehead atoms. The van der Waals surface area contributed by atoms with Gasteiger partial charge in [0, 0.05) is 42.3 Å². The summed E-state index contributed by atoms with van der Waals surface area (Å²) in [6.07, 6.45) is 3.19. The van der Waals surface area contributed by atoms with Crippen molar-refractivity contribution in [2.75, 3.05) is 20.8 Å². The number of halogens is 3. The minimum atomic E-state index is -3.36. The number of fused-ring (bicyclic) bond motifs is 1. The molecule has 0 fully saturated rings. The van der Waals surface area contributed by atoms with Gasteiger partial charge >= 0.3 is 5.92 Å². The van der Waals surface area contributed by atoms with Crippen LogP contribution in [0.3, 0.4) is 0 Å². The lowest BCUT2D eigenvalue weighted by Gasteiger charge is -2.10. The fourth-order valence-electron chi connectivity index (χ4n) is 2.87. The van der Waals surface area contributed by atoms with Gasteiger partial charge in [0.25, 0.3) is 0 Å². The van der Waals surface area contributed by atoms with Crippen LogP contribution in [0.15, 0.2) is 24.5 Å². The van der Waals surface area contributed by atoms with Crippen molar-refractivity contribution in [3.8, 4) is 28.5 Å². The van der Waals surface area contributed by atoms with E-state index in [-0.39, 0.29) is 5.82 Å². The average molecular weight is 410 g/mol. The monoisotopic (exact) mass is 409 g/mol. The first kappa shape index (κ1) is 18.3. The number of hydrogen-bond acceptors (Lipinski definition) is 6. The van der Waals surface area contributed by atoms with Gasteiger partial charge < -0.3 is 9.47 Å². The lowest BCUT2D eigenvalue weighted by atomic mass is 10.1. The summed E-state index contributed by atoms with van der Waals surface area (Å²) in [5, 5.41) is 12.8. The minimum Gasteiger partial charge on any atom is -0.481 e. The Bertz CT molecular complexity index is 1120. The van der Waals surface area contributed by atoms with Gasteiger partial charge in [0.15, 0.2) is 5.82 Å². The van der Waals surface area contributed by atoms with Crippen LogP contribution in [0.5, 0.6) is 5.88 Å². The molecule has 0 aliphatic rings. The zero-order chi connectivity index (χ0) is 19.9. The largest absolute Gasteiger partial charge is 0.481 e. The first-order chi connectivity index (χ1) is 13.5. The van der Waals surface area contributed by atoms with E-state index in [1.54, 1.807) is 24.5 Å². The van der Waals surface area contributed by atoms with Crippen LogP contribution in [0, 0.1) is 0 Å². The normalized spacial score (nSPS) is 12.0. The highest BCUT2D eigenvalue weighted by Gasteiger charge is 2.37. The van der Waals surface area contributed by atoms with Crippen LogP contribution in [-0.4, -0.2) is 55.3 Å². The summed E-state index contributed by atoms with van der Waals surface area (Å²) in [5.74, 6) is -3.64. The van der Waals surface area contributed by atoms with E-state index >= 15 is 0 Å². The van der Waals surface area contributed by atoms with Crippen molar-refractivity contribution >= 4 is 22.8 Å². The molecule has 2 N–H and O–H groups in total. The molecule has 28 heavy (non-hydrogen) atoms. The molecule has 0 aliphatic heterocycles. The third kappa shape index (κ3) is 2.88. The third-order valence-corrected chi connectivity index (χ3v) is 4.44. The molecule has 4 aromatic heterocycles. The summed E-state index contributed by atoms with van der Waals surface area (Å²) in [6.45, 7) is -0.846. The van der Waals surface area contributed by atoms with E-state index in [1.807, 2.05) is 0 Å². The Morgan fingerprint density at radius 2 is 2.07 bits per heavy atom. The van der Waals surface area contributed by atoms with E-state index in [4.69, 9.17) is 16.5 Å². The number of hydrogen-bond donors (Lipinski definition) is 2. The van der Waals surface area contributed by atoms with Crippen LogP contribution in [-0.2, 0) is 10.7 Å². The van der Waals surface area contributed by atoms with Crippen LogP contribution in [0.1, 0.15) is 5.82 Å². The van der Waals surface area contributed by atoms with Gasteiger partial charge in [-0.1, -0.05) is 0 Å². The lowest BCUT2D eigenvalue weighted by Crippen LogP contribution is -2.21. The summed E-state index contributed by atoms with van der Waals surface area (Å²) in [7, 11) is 2.67. The number of H-pyrrole nitrogens is 2. The molecule has 0 aromatic carbocycles. The molecule has 146 valence electrons. The van der Waals surface area contributed by atoms with Crippen molar-refractivity contribution in [3.05, 3.63) is 30.4 Å². The van der Waals surface area contributed by atoms with Crippen molar-refractivity contribution in [2.24, 2.45) is 0 Å². The fraction of sp³-hybridized carbons (Fsp3) is 0.250. The van der Waals surface area contributed by atoms with Gasteiger partial charge in [0.05, 0.1) is 18.8 Å². The van der Waals surface area contributed by atoms with Gasteiger partial charge in [-0.05, 0) is 6.07 Å². The SMILES string of the molecule is COCC(F)(F)c1n[nH]c(-c2c(-c3cn[nH]c3)c3nc(OC)ccc3n2Cl)n1.